The van der Waals surface area contributed by atoms with Crippen LogP contribution in [0.1, 0.15) is 24.2 Å². The summed E-state index contributed by atoms with van der Waals surface area (Å²) in [6.07, 6.45) is 7.71. The van der Waals surface area contributed by atoms with Crippen LogP contribution >= 0.6 is 0 Å². The average molecular weight is 404 g/mol. The van der Waals surface area contributed by atoms with Crippen molar-refractivity contribution in [1.29, 1.82) is 0 Å². The van der Waals surface area contributed by atoms with E-state index < -0.39 is 5.82 Å². The second-order valence-electron chi connectivity index (χ2n) is 7.90. The van der Waals surface area contributed by atoms with E-state index in [2.05, 4.69) is 30.2 Å². The van der Waals surface area contributed by atoms with Crippen LogP contribution in [-0.4, -0.2) is 42.8 Å². The molecule has 3 aromatic rings. The molecule has 2 aromatic heterocycles. The third-order valence-corrected chi connectivity index (χ3v) is 5.85. The van der Waals surface area contributed by atoms with E-state index in [0.717, 1.165) is 42.2 Å². The van der Waals surface area contributed by atoms with Crippen LogP contribution in [0, 0.1) is 18.7 Å². The van der Waals surface area contributed by atoms with Crippen LogP contribution < -0.4 is 5.32 Å². The van der Waals surface area contributed by atoms with E-state index in [1.807, 2.05) is 25.1 Å². The second-order valence-corrected chi connectivity index (χ2v) is 7.90. The highest BCUT2D eigenvalue weighted by molar-refractivity contribution is 5.95. The summed E-state index contributed by atoms with van der Waals surface area (Å²) in [7, 11) is 0. The van der Waals surface area contributed by atoms with Crippen molar-refractivity contribution in [3.8, 4) is 11.4 Å². The number of hydrogen-bond acceptors (Lipinski definition) is 6. The fourth-order valence-electron chi connectivity index (χ4n) is 4.22. The number of rotatable bonds is 5. The van der Waals surface area contributed by atoms with Gasteiger partial charge in [-0.15, -0.1) is 0 Å². The maximum absolute atomic E-state index is 13.2. The van der Waals surface area contributed by atoms with Gasteiger partial charge in [0, 0.05) is 29.7 Å². The van der Waals surface area contributed by atoms with E-state index in [1.54, 1.807) is 18.5 Å². The third-order valence-electron chi connectivity index (χ3n) is 5.85. The number of amides is 1. The summed E-state index contributed by atoms with van der Waals surface area (Å²) in [6.45, 7) is 2.50. The highest BCUT2D eigenvalue weighted by Crippen LogP contribution is 2.48. The van der Waals surface area contributed by atoms with Gasteiger partial charge in [0.2, 0.25) is 5.91 Å². The van der Waals surface area contributed by atoms with Crippen LogP contribution in [0.5, 0.6) is 0 Å². The van der Waals surface area contributed by atoms with Gasteiger partial charge in [0.1, 0.15) is 5.82 Å². The van der Waals surface area contributed by atoms with Gasteiger partial charge in [0.25, 0.3) is 0 Å². The van der Waals surface area contributed by atoms with Gasteiger partial charge in [-0.3, -0.25) is 9.69 Å². The molecule has 1 amide bonds. The van der Waals surface area contributed by atoms with Gasteiger partial charge in [0.05, 0.1) is 25.0 Å². The Morgan fingerprint density at radius 2 is 1.93 bits per heavy atom. The molecule has 3 atom stereocenters. The number of halogens is 1. The van der Waals surface area contributed by atoms with Crippen molar-refractivity contribution in [2.45, 2.75) is 38.4 Å². The monoisotopic (exact) mass is 404 g/mol. The van der Waals surface area contributed by atoms with Crippen molar-refractivity contribution in [2.24, 2.45) is 5.92 Å². The first-order valence-electron chi connectivity index (χ1n) is 9.99. The lowest BCUT2D eigenvalue weighted by molar-refractivity contribution is -0.121. The molecule has 152 valence electrons. The van der Waals surface area contributed by atoms with E-state index in [1.165, 1.54) is 0 Å². The molecule has 1 saturated heterocycles. The Kier molecular flexibility index (Phi) is 4.71. The maximum Gasteiger partial charge on any atom is 0.241 e. The summed E-state index contributed by atoms with van der Waals surface area (Å²) >= 11 is 0. The number of piperidine rings is 1. The lowest BCUT2D eigenvalue weighted by Gasteiger charge is -2.26. The molecule has 2 fully saturated rings. The predicted molar refractivity (Wildman–Crippen MR) is 109 cm³/mol. The molecule has 30 heavy (non-hydrogen) atoms. The Bertz CT molecular complexity index is 1070. The Morgan fingerprint density at radius 1 is 1.17 bits per heavy atom. The highest BCUT2D eigenvalue weighted by Gasteiger charge is 2.54. The van der Waals surface area contributed by atoms with Gasteiger partial charge in [-0.25, -0.2) is 24.3 Å². The van der Waals surface area contributed by atoms with Gasteiger partial charge in [-0.2, -0.15) is 0 Å². The zero-order valence-corrected chi connectivity index (χ0v) is 16.5. The number of carbonyl (C=O) groups excluding carboxylic acids is 1. The SMILES string of the molecule is Cc1ccc(NC(=O)[C@@H]2C[C@H]3C[C@H]3N2Cc2ncccn2)cc1-c1ncc(F)cn1. The zero-order chi connectivity index (χ0) is 20.7. The number of hydrogen-bond donors (Lipinski definition) is 1. The minimum Gasteiger partial charge on any atom is -0.325 e. The fraction of sp³-hybridized carbons (Fsp3) is 0.318. The standard InChI is InChI=1S/C22H21FN6O/c1-13-3-4-16(9-17(13)21-26-10-15(23)11-27-21)28-22(30)19-8-14-7-18(14)29(19)12-20-24-5-2-6-25-20/h2-6,9-11,14,18-19H,7-8,12H2,1H3,(H,28,30)/t14-,18-,19+/m1/s1. The van der Waals surface area contributed by atoms with Crippen molar-refractivity contribution in [3.05, 3.63) is 66.3 Å². The molecule has 1 aromatic carbocycles. The molecule has 0 unspecified atom stereocenters. The second kappa shape index (κ2) is 7.53. The molecule has 3 heterocycles. The van der Waals surface area contributed by atoms with Gasteiger partial charge in [0.15, 0.2) is 11.6 Å². The largest absolute Gasteiger partial charge is 0.325 e. The minimum atomic E-state index is -0.483. The molecule has 8 heteroatoms. The highest BCUT2D eigenvalue weighted by atomic mass is 19.1. The summed E-state index contributed by atoms with van der Waals surface area (Å²) in [5, 5.41) is 3.04. The number of carbonyl (C=O) groups is 1. The lowest BCUT2D eigenvalue weighted by atomic mass is 10.1. The Morgan fingerprint density at radius 3 is 2.70 bits per heavy atom. The smallest absolute Gasteiger partial charge is 0.241 e. The molecule has 0 bridgehead atoms. The number of nitrogens with one attached hydrogen (secondary N) is 1. The molecule has 2 aliphatic rings. The van der Waals surface area contributed by atoms with E-state index >= 15 is 0 Å². The Balaban J connectivity index is 1.33. The molecule has 1 saturated carbocycles. The molecule has 1 aliphatic heterocycles. The fourth-order valence-corrected chi connectivity index (χ4v) is 4.22. The van der Waals surface area contributed by atoms with Crippen LogP contribution in [0.15, 0.2) is 49.1 Å². The Labute approximate surface area is 173 Å². The molecule has 1 aliphatic carbocycles. The van der Waals surface area contributed by atoms with Crippen molar-refractivity contribution >= 4 is 11.6 Å². The topological polar surface area (TPSA) is 83.9 Å². The van der Waals surface area contributed by atoms with Gasteiger partial charge < -0.3 is 5.32 Å². The average Bonchev–Trinajstić information content (AvgIpc) is 3.44. The lowest BCUT2D eigenvalue weighted by Crippen LogP contribution is -2.41. The first kappa shape index (κ1) is 18.7. The van der Waals surface area contributed by atoms with E-state index in [-0.39, 0.29) is 11.9 Å². The maximum atomic E-state index is 13.2. The summed E-state index contributed by atoms with van der Waals surface area (Å²) in [4.78, 5) is 32.0. The molecule has 0 radical (unpaired) electrons. The van der Waals surface area contributed by atoms with Crippen molar-refractivity contribution in [3.63, 3.8) is 0 Å². The summed E-state index contributed by atoms with van der Waals surface area (Å²) in [6, 6.07) is 7.62. The summed E-state index contributed by atoms with van der Waals surface area (Å²) in [5.41, 5.74) is 2.38. The summed E-state index contributed by atoms with van der Waals surface area (Å²) in [5.74, 6) is 1.21. The van der Waals surface area contributed by atoms with E-state index in [0.29, 0.717) is 30.0 Å². The number of aryl methyl sites for hydroxylation is 1. The quantitative estimate of drug-likeness (QED) is 0.704. The van der Waals surface area contributed by atoms with Crippen molar-refractivity contribution in [2.75, 3.05) is 5.32 Å². The number of benzene rings is 1. The van der Waals surface area contributed by atoms with Crippen LogP contribution in [0.4, 0.5) is 10.1 Å². The zero-order valence-electron chi connectivity index (χ0n) is 16.5. The number of anilines is 1. The summed E-state index contributed by atoms with van der Waals surface area (Å²) < 4.78 is 13.2. The predicted octanol–water partition coefficient (Wildman–Crippen LogP) is 2.98. The number of fused-ring (bicyclic) bond motifs is 1. The van der Waals surface area contributed by atoms with Crippen LogP contribution in [0.3, 0.4) is 0 Å². The molecule has 1 N–H and O–H groups in total. The molecular weight excluding hydrogens is 383 g/mol. The van der Waals surface area contributed by atoms with Gasteiger partial charge in [-0.1, -0.05) is 6.07 Å². The third kappa shape index (κ3) is 3.66. The number of nitrogens with zero attached hydrogens (tertiary/aromatic N) is 5. The minimum absolute atomic E-state index is 0.0343. The normalized spacial score (nSPS) is 22.5. The van der Waals surface area contributed by atoms with Crippen LogP contribution in [0.2, 0.25) is 0 Å². The van der Waals surface area contributed by atoms with Gasteiger partial charge in [-0.05, 0) is 49.4 Å². The van der Waals surface area contributed by atoms with Crippen molar-refractivity contribution < 1.29 is 9.18 Å². The van der Waals surface area contributed by atoms with Gasteiger partial charge >= 0.3 is 0 Å². The molecule has 5 rings (SSSR count). The molecular formula is C22H21FN6O. The van der Waals surface area contributed by atoms with Crippen molar-refractivity contribution in [1.82, 2.24) is 24.8 Å². The van der Waals surface area contributed by atoms with E-state index in [9.17, 15) is 9.18 Å². The molecule has 7 nitrogen and oxygen atoms in total. The first-order valence-corrected chi connectivity index (χ1v) is 9.99. The van der Waals surface area contributed by atoms with Crippen LogP contribution in [-0.2, 0) is 11.3 Å². The van der Waals surface area contributed by atoms with Crippen LogP contribution in [0.25, 0.3) is 11.4 Å². The Hall–Kier alpha value is -3.26. The molecule has 0 spiro atoms. The van der Waals surface area contributed by atoms with E-state index in [4.69, 9.17) is 0 Å². The number of likely N-dealkylation sites (tertiary alicyclic amines) is 1. The first-order chi connectivity index (χ1) is 14.6. The number of aromatic nitrogens is 4.